The van der Waals surface area contributed by atoms with Crippen LogP contribution >= 0.6 is 0 Å². The van der Waals surface area contributed by atoms with E-state index < -0.39 is 30.1 Å². The van der Waals surface area contributed by atoms with Crippen LogP contribution < -0.4 is 26.0 Å². The Bertz CT molecular complexity index is 882. The first-order chi connectivity index (χ1) is 16.6. The summed E-state index contributed by atoms with van der Waals surface area (Å²) in [5.41, 5.74) is 0.899. The molecule has 8 heteroatoms. The summed E-state index contributed by atoms with van der Waals surface area (Å²) in [6.45, 7) is 11.9. The maximum absolute atomic E-state index is 13.7. The average Bonchev–Trinajstić information content (AvgIpc) is 2.80. The predicted octanol–water partition coefficient (Wildman–Crippen LogP) is 2.84. The number of hydrogen-bond acceptors (Lipinski definition) is 5. The molecular formula is C27H42N4O4. The van der Waals surface area contributed by atoms with Gasteiger partial charge in [0.15, 0.2) is 0 Å². The monoisotopic (exact) mass is 486 g/mol. The van der Waals surface area contributed by atoms with Crippen LogP contribution in [0.4, 0.5) is 0 Å². The maximum atomic E-state index is 13.7. The van der Waals surface area contributed by atoms with Crippen molar-refractivity contribution in [1.29, 1.82) is 0 Å². The van der Waals surface area contributed by atoms with Gasteiger partial charge in [-0.1, -0.05) is 60.1 Å². The number of likely N-dealkylation sites (N-methyl/N-ethyl adjacent to an activating group) is 1. The van der Waals surface area contributed by atoms with Crippen molar-refractivity contribution in [2.24, 2.45) is 17.8 Å². The molecule has 0 spiro atoms. The van der Waals surface area contributed by atoms with Crippen LogP contribution in [0.25, 0.3) is 6.08 Å². The molecule has 5 atom stereocenters. The summed E-state index contributed by atoms with van der Waals surface area (Å²) in [6, 6.07) is 5.17. The lowest BCUT2D eigenvalue weighted by Gasteiger charge is -2.33. The molecule has 0 radical (unpaired) electrons. The first-order valence-corrected chi connectivity index (χ1v) is 12.6. The Morgan fingerprint density at radius 3 is 2.26 bits per heavy atom. The predicted molar refractivity (Wildman–Crippen MR) is 138 cm³/mol. The summed E-state index contributed by atoms with van der Waals surface area (Å²) in [4.78, 5) is 39.9. The SMILES string of the molecule is CC[C@H](C)[C@@H](NC)C(=O)N[C@@H]1C(=O)N[C@@H](CC(C)C)C(=O)N/C=C/c2ccc(cc2)O[C@@H]1C(C)C. The van der Waals surface area contributed by atoms with Gasteiger partial charge in [-0.25, -0.2) is 0 Å². The molecule has 194 valence electrons. The van der Waals surface area contributed by atoms with Gasteiger partial charge in [0.2, 0.25) is 17.7 Å². The first kappa shape index (κ1) is 28.4. The van der Waals surface area contributed by atoms with Gasteiger partial charge >= 0.3 is 0 Å². The zero-order chi connectivity index (χ0) is 26.1. The van der Waals surface area contributed by atoms with E-state index in [1.54, 1.807) is 19.3 Å². The van der Waals surface area contributed by atoms with E-state index in [1.807, 2.05) is 65.8 Å². The standard InChI is InChI=1S/C27H42N4O4/c1-8-18(6)22(28-7)26(33)31-23-24(17(4)5)35-20-11-9-19(10-12-20)13-14-29-25(32)21(15-16(2)3)30-27(23)34/h9-14,16-18,21-24,28H,8,15H2,1-7H3,(H,29,32)(H,30,34)(H,31,33)/b14-13+/t18-,21-,22+,23-,24+/m0/s1. The van der Waals surface area contributed by atoms with Crippen LogP contribution in [0.3, 0.4) is 0 Å². The van der Waals surface area contributed by atoms with E-state index in [4.69, 9.17) is 4.74 Å². The van der Waals surface area contributed by atoms with Crippen LogP contribution in [0.5, 0.6) is 5.75 Å². The fraction of sp³-hybridized carbons (Fsp3) is 0.593. The van der Waals surface area contributed by atoms with Gasteiger partial charge in [0.05, 0.1) is 6.04 Å². The van der Waals surface area contributed by atoms with Crippen molar-refractivity contribution in [2.45, 2.75) is 78.6 Å². The van der Waals surface area contributed by atoms with E-state index in [9.17, 15) is 14.4 Å². The van der Waals surface area contributed by atoms with E-state index in [2.05, 4.69) is 21.3 Å². The molecule has 2 heterocycles. The molecule has 2 aliphatic heterocycles. The number of amides is 3. The maximum Gasteiger partial charge on any atom is 0.247 e. The van der Waals surface area contributed by atoms with Gasteiger partial charge in [-0.2, -0.15) is 0 Å². The molecule has 2 bridgehead atoms. The second-order valence-corrected chi connectivity index (χ2v) is 10.1. The summed E-state index contributed by atoms with van der Waals surface area (Å²) in [6.07, 6.45) is 3.97. The van der Waals surface area contributed by atoms with Crippen molar-refractivity contribution < 1.29 is 19.1 Å². The van der Waals surface area contributed by atoms with Crippen LogP contribution in [0.15, 0.2) is 30.5 Å². The summed E-state index contributed by atoms with van der Waals surface area (Å²) < 4.78 is 6.28. The minimum absolute atomic E-state index is 0.0683. The van der Waals surface area contributed by atoms with Crippen LogP contribution in [-0.2, 0) is 14.4 Å². The summed E-state index contributed by atoms with van der Waals surface area (Å²) >= 11 is 0. The van der Waals surface area contributed by atoms with E-state index in [-0.39, 0.29) is 29.6 Å². The number of carbonyl (C=O) groups excluding carboxylic acids is 3. The number of carbonyl (C=O) groups is 3. The zero-order valence-corrected chi connectivity index (χ0v) is 22.1. The number of rotatable bonds is 8. The molecular weight excluding hydrogens is 444 g/mol. The van der Waals surface area contributed by atoms with Crippen LogP contribution in [0.1, 0.15) is 59.9 Å². The summed E-state index contributed by atoms with van der Waals surface area (Å²) in [5, 5.41) is 11.7. The second kappa shape index (κ2) is 13.3. The fourth-order valence-electron chi connectivity index (χ4n) is 4.14. The van der Waals surface area contributed by atoms with Crippen molar-refractivity contribution >= 4 is 23.8 Å². The molecule has 2 aliphatic rings. The van der Waals surface area contributed by atoms with Crippen LogP contribution in [0, 0.1) is 17.8 Å². The van der Waals surface area contributed by atoms with Gasteiger partial charge in [0, 0.05) is 6.20 Å². The second-order valence-electron chi connectivity index (χ2n) is 10.1. The minimum atomic E-state index is -0.997. The van der Waals surface area contributed by atoms with Crippen LogP contribution in [0.2, 0.25) is 0 Å². The lowest BCUT2D eigenvalue weighted by Crippen LogP contribution is -2.62. The van der Waals surface area contributed by atoms with Gasteiger partial charge in [0.25, 0.3) is 0 Å². The molecule has 0 unspecified atom stereocenters. The molecule has 0 aliphatic carbocycles. The zero-order valence-electron chi connectivity index (χ0n) is 22.1. The third-order valence-corrected chi connectivity index (χ3v) is 6.37. The molecule has 0 fully saturated rings. The normalized spacial score (nSPS) is 23.6. The minimum Gasteiger partial charge on any atom is -0.487 e. The number of hydrogen-bond donors (Lipinski definition) is 4. The van der Waals surface area contributed by atoms with Gasteiger partial charge in [-0.15, -0.1) is 0 Å². The highest BCUT2D eigenvalue weighted by Gasteiger charge is 2.38. The average molecular weight is 487 g/mol. The molecule has 35 heavy (non-hydrogen) atoms. The molecule has 0 aromatic heterocycles. The van der Waals surface area contributed by atoms with E-state index >= 15 is 0 Å². The van der Waals surface area contributed by atoms with E-state index in [0.717, 1.165) is 12.0 Å². The fourth-order valence-corrected chi connectivity index (χ4v) is 4.14. The number of nitrogens with one attached hydrogen (secondary N) is 4. The van der Waals surface area contributed by atoms with Crippen molar-refractivity contribution in [2.75, 3.05) is 7.05 Å². The Hall–Kier alpha value is -2.87. The lowest BCUT2D eigenvalue weighted by molar-refractivity contribution is -0.135. The number of ether oxygens (including phenoxy) is 1. The van der Waals surface area contributed by atoms with Crippen molar-refractivity contribution in [3.63, 3.8) is 0 Å². The van der Waals surface area contributed by atoms with Gasteiger partial charge in [-0.05, 0) is 55.0 Å². The Kier molecular flexibility index (Phi) is 10.8. The van der Waals surface area contributed by atoms with Gasteiger partial charge in [-0.3, -0.25) is 14.4 Å². The third-order valence-electron chi connectivity index (χ3n) is 6.37. The quantitative estimate of drug-likeness (QED) is 0.452. The molecule has 1 aromatic carbocycles. The molecule has 3 amide bonds. The molecule has 8 nitrogen and oxygen atoms in total. The molecule has 4 N–H and O–H groups in total. The number of benzene rings is 1. The first-order valence-electron chi connectivity index (χ1n) is 12.6. The molecule has 3 rings (SSSR count). The molecule has 1 aromatic rings. The van der Waals surface area contributed by atoms with E-state index in [0.29, 0.717) is 12.2 Å². The van der Waals surface area contributed by atoms with Crippen molar-refractivity contribution in [3.05, 3.63) is 36.0 Å². The Labute approximate surface area is 209 Å². The highest BCUT2D eigenvalue weighted by Crippen LogP contribution is 2.21. The van der Waals surface area contributed by atoms with E-state index in [1.165, 1.54) is 0 Å². The van der Waals surface area contributed by atoms with Crippen LogP contribution in [-0.4, -0.2) is 49.0 Å². The summed E-state index contributed by atoms with van der Waals surface area (Å²) in [7, 11) is 1.73. The highest BCUT2D eigenvalue weighted by atomic mass is 16.5. The Morgan fingerprint density at radius 1 is 1.06 bits per heavy atom. The Morgan fingerprint density at radius 2 is 1.71 bits per heavy atom. The van der Waals surface area contributed by atoms with Gasteiger partial charge in [0.1, 0.15) is 23.9 Å². The number of fused-ring (bicyclic) bond motifs is 10. The van der Waals surface area contributed by atoms with Crippen molar-refractivity contribution in [3.8, 4) is 5.75 Å². The molecule has 0 saturated heterocycles. The topological polar surface area (TPSA) is 109 Å². The lowest BCUT2D eigenvalue weighted by atomic mass is 9.94. The smallest absolute Gasteiger partial charge is 0.247 e. The summed E-state index contributed by atoms with van der Waals surface area (Å²) in [5.74, 6) is -0.303. The van der Waals surface area contributed by atoms with Gasteiger partial charge < -0.3 is 26.0 Å². The van der Waals surface area contributed by atoms with Crippen molar-refractivity contribution in [1.82, 2.24) is 21.3 Å². The Balaban J connectivity index is 2.50. The largest absolute Gasteiger partial charge is 0.487 e. The third kappa shape index (κ3) is 8.09. The molecule has 0 saturated carbocycles. The highest BCUT2D eigenvalue weighted by molar-refractivity contribution is 5.94.